The molecule has 0 amide bonds. The van der Waals surface area contributed by atoms with E-state index in [-0.39, 0.29) is 27.2 Å². The van der Waals surface area contributed by atoms with Crippen LogP contribution in [0, 0.1) is 17.7 Å². The van der Waals surface area contributed by atoms with Gasteiger partial charge in [-0.25, -0.2) is 4.39 Å². The first kappa shape index (κ1) is 21.1. The highest BCUT2D eigenvalue weighted by molar-refractivity contribution is 6.36. The normalized spacial score (nSPS) is 33.9. The molecule has 3 nitrogen and oxygen atoms in total. The van der Waals surface area contributed by atoms with Gasteiger partial charge in [-0.1, -0.05) is 42.3 Å². The highest BCUT2D eigenvalue weighted by Gasteiger charge is 2.72. The minimum absolute atomic E-state index is 0.0737. The Balaban J connectivity index is 1.64. The van der Waals surface area contributed by atoms with Crippen molar-refractivity contribution in [1.29, 1.82) is 0 Å². The van der Waals surface area contributed by atoms with E-state index in [2.05, 4.69) is 0 Å². The molecule has 2 aliphatic heterocycles. The molecule has 1 saturated carbocycles. The lowest BCUT2D eigenvalue weighted by atomic mass is 9.69. The molecule has 2 aromatic carbocycles. The van der Waals surface area contributed by atoms with Crippen molar-refractivity contribution in [3.05, 3.63) is 57.3 Å². The van der Waals surface area contributed by atoms with Crippen LogP contribution >= 0.6 is 23.2 Å². The second-order valence-corrected chi connectivity index (χ2v) is 10.3. The number of hydrogen-bond acceptors (Lipinski definition) is 3. The van der Waals surface area contributed by atoms with Gasteiger partial charge in [-0.15, -0.1) is 0 Å². The first-order chi connectivity index (χ1) is 14.6. The van der Waals surface area contributed by atoms with Gasteiger partial charge in [0.2, 0.25) is 0 Å². The number of benzene rings is 2. The number of halogens is 3. The van der Waals surface area contributed by atoms with Crippen LogP contribution in [0.15, 0.2) is 30.3 Å². The Bertz CT molecular complexity index is 1090. The molecule has 3 aliphatic rings. The molecule has 5 atom stereocenters. The summed E-state index contributed by atoms with van der Waals surface area (Å²) in [5, 5.41) is 0.398. The van der Waals surface area contributed by atoms with E-state index in [1.165, 1.54) is 12.1 Å². The van der Waals surface area contributed by atoms with Gasteiger partial charge in [0.25, 0.3) is 0 Å². The van der Waals surface area contributed by atoms with Gasteiger partial charge in [0, 0.05) is 10.6 Å². The monoisotopic (exact) mass is 460 g/mol. The molecule has 6 heteroatoms. The van der Waals surface area contributed by atoms with Gasteiger partial charge in [-0.3, -0.25) is 9.59 Å². The third kappa shape index (κ3) is 2.88. The maximum Gasteiger partial charge on any atom is 0.154 e. The Morgan fingerprint density at radius 2 is 1.65 bits per heavy atom. The maximum absolute atomic E-state index is 14.7. The molecule has 1 aliphatic carbocycles. The van der Waals surface area contributed by atoms with Gasteiger partial charge in [0.1, 0.15) is 11.7 Å². The zero-order valence-electron chi connectivity index (χ0n) is 17.6. The third-order valence-electron chi connectivity index (χ3n) is 7.55. The van der Waals surface area contributed by atoms with E-state index < -0.39 is 34.8 Å². The van der Waals surface area contributed by atoms with Crippen LogP contribution in [0.1, 0.15) is 50.7 Å². The summed E-state index contributed by atoms with van der Waals surface area (Å²) >= 11 is 12.2. The lowest BCUT2D eigenvalue weighted by molar-refractivity contribution is -0.132. The predicted octanol–water partition coefficient (Wildman–Crippen LogP) is 6.17. The standard InChI is InChI=1S/C25H23Cl2FO3/c1-4-12-5-6-13(18-16(27)10-14(26)11-17(18)28)9-15(12)19-22(29)20-21(23(19)30)25(3)8-7-24(20,2)31-25/h5-6,9-11,19-21H,4,7-8H2,1-3H3/t19?,20-,21+,24-,25+. The Kier molecular flexibility index (Phi) is 4.68. The van der Waals surface area contributed by atoms with Crippen molar-refractivity contribution in [3.63, 3.8) is 0 Å². The maximum atomic E-state index is 14.7. The number of ether oxygens (including phenoxy) is 1. The minimum Gasteiger partial charge on any atom is -0.368 e. The Labute approximate surface area is 190 Å². The molecule has 0 spiro atoms. The van der Waals surface area contributed by atoms with Crippen LogP contribution in [0.3, 0.4) is 0 Å². The number of aryl methyl sites for hydroxylation is 1. The first-order valence-electron chi connectivity index (χ1n) is 10.6. The van der Waals surface area contributed by atoms with Crippen LogP contribution in [0.2, 0.25) is 10.0 Å². The molecule has 2 heterocycles. The lowest BCUT2D eigenvalue weighted by Gasteiger charge is -2.28. The van der Waals surface area contributed by atoms with Gasteiger partial charge in [-0.05, 0) is 68.0 Å². The van der Waals surface area contributed by atoms with E-state index in [9.17, 15) is 14.0 Å². The summed E-state index contributed by atoms with van der Waals surface area (Å²) in [5.74, 6) is -2.38. The SMILES string of the molecule is CCc1ccc(-c2c(F)cc(Cl)cc2Cl)cc1C1C(=O)[C@@H]2[C@H](C1=O)[C@@]1(C)CC[C@]2(C)O1. The fourth-order valence-corrected chi connectivity index (χ4v) is 6.75. The van der Waals surface area contributed by atoms with E-state index in [1.807, 2.05) is 26.8 Å². The number of carbonyl (C=O) groups excluding carboxylic acids is 2. The third-order valence-corrected chi connectivity index (χ3v) is 8.06. The topological polar surface area (TPSA) is 43.4 Å². The Morgan fingerprint density at radius 1 is 1.03 bits per heavy atom. The fourth-order valence-electron chi connectivity index (χ4n) is 6.17. The average molecular weight is 461 g/mol. The zero-order valence-corrected chi connectivity index (χ0v) is 19.1. The van der Waals surface area contributed by atoms with Crippen molar-refractivity contribution >= 4 is 34.8 Å². The number of Topliss-reactive ketones (excluding diaryl/α,β-unsaturated/α-hetero) is 2. The van der Waals surface area contributed by atoms with E-state index in [1.54, 1.807) is 12.1 Å². The molecule has 2 bridgehead atoms. The molecular weight excluding hydrogens is 438 g/mol. The zero-order chi connectivity index (χ0) is 22.3. The van der Waals surface area contributed by atoms with Crippen molar-refractivity contribution in [2.45, 2.75) is 57.2 Å². The number of carbonyl (C=O) groups is 2. The summed E-state index contributed by atoms with van der Waals surface area (Å²) in [7, 11) is 0. The second-order valence-electron chi connectivity index (χ2n) is 9.43. The van der Waals surface area contributed by atoms with Crippen LogP contribution in [0.4, 0.5) is 4.39 Å². The number of fused-ring (bicyclic) bond motifs is 5. The van der Waals surface area contributed by atoms with Crippen LogP contribution in [-0.4, -0.2) is 22.8 Å². The van der Waals surface area contributed by atoms with Crippen molar-refractivity contribution in [3.8, 4) is 11.1 Å². The molecule has 1 unspecified atom stereocenters. The smallest absolute Gasteiger partial charge is 0.154 e. The Hall–Kier alpha value is -1.75. The molecule has 2 saturated heterocycles. The number of hydrogen-bond donors (Lipinski definition) is 0. The van der Waals surface area contributed by atoms with Crippen molar-refractivity contribution in [1.82, 2.24) is 0 Å². The molecule has 0 aromatic heterocycles. The van der Waals surface area contributed by atoms with Gasteiger partial charge in [0.05, 0.1) is 28.1 Å². The largest absolute Gasteiger partial charge is 0.368 e. The lowest BCUT2D eigenvalue weighted by Crippen LogP contribution is -2.40. The van der Waals surface area contributed by atoms with E-state index >= 15 is 0 Å². The number of ketones is 2. The highest BCUT2D eigenvalue weighted by Crippen LogP contribution is 2.63. The molecule has 31 heavy (non-hydrogen) atoms. The molecule has 162 valence electrons. The molecule has 3 fully saturated rings. The van der Waals surface area contributed by atoms with Gasteiger partial charge < -0.3 is 4.74 Å². The van der Waals surface area contributed by atoms with Gasteiger partial charge in [0.15, 0.2) is 11.6 Å². The van der Waals surface area contributed by atoms with E-state index in [0.29, 0.717) is 17.5 Å². The van der Waals surface area contributed by atoms with Crippen LogP contribution in [0.5, 0.6) is 0 Å². The van der Waals surface area contributed by atoms with E-state index in [0.717, 1.165) is 18.4 Å². The predicted molar refractivity (Wildman–Crippen MR) is 118 cm³/mol. The van der Waals surface area contributed by atoms with Crippen LogP contribution < -0.4 is 0 Å². The van der Waals surface area contributed by atoms with E-state index in [4.69, 9.17) is 27.9 Å². The number of rotatable bonds is 3. The van der Waals surface area contributed by atoms with Crippen LogP contribution in [-0.2, 0) is 20.7 Å². The summed E-state index contributed by atoms with van der Waals surface area (Å²) in [4.78, 5) is 27.2. The molecule has 0 N–H and O–H groups in total. The molecular formula is C25H23Cl2FO3. The molecule has 2 aromatic rings. The quantitative estimate of drug-likeness (QED) is 0.514. The summed E-state index contributed by atoms with van der Waals surface area (Å²) in [6.45, 7) is 5.89. The van der Waals surface area contributed by atoms with Crippen molar-refractivity contribution in [2.24, 2.45) is 11.8 Å². The second kappa shape index (κ2) is 6.87. The van der Waals surface area contributed by atoms with Gasteiger partial charge in [-0.2, -0.15) is 0 Å². The highest BCUT2D eigenvalue weighted by atomic mass is 35.5. The molecule has 0 radical (unpaired) electrons. The molecule has 5 rings (SSSR count). The minimum atomic E-state index is -0.848. The summed E-state index contributed by atoms with van der Waals surface area (Å²) in [6.07, 6.45) is 2.22. The van der Waals surface area contributed by atoms with Crippen molar-refractivity contribution in [2.75, 3.05) is 0 Å². The summed E-state index contributed by atoms with van der Waals surface area (Å²) in [6, 6.07) is 8.09. The van der Waals surface area contributed by atoms with Crippen LogP contribution in [0.25, 0.3) is 11.1 Å². The first-order valence-corrected chi connectivity index (χ1v) is 11.4. The van der Waals surface area contributed by atoms with Gasteiger partial charge >= 0.3 is 0 Å². The fraction of sp³-hybridized carbons (Fsp3) is 0.440. The summed E-state index contributed by atoms with van der Waals surface area (Å²) in [5.41, 5.74) is 1.13. The summed E-state index contributed by atoms with van der Waals surface area (Å²) < 4.78 is 20.9. The average Bonchev–Trinajstić information content (AvgIpc) is 3.24. The Morgan fingerprint density at radius 3 is 2.19 bits per heavy atom. The van der Waals surface area contributed by atoms with Crippen molar-refractivity contribution < 1.29 is 18.7 Å².